The molecule has 0 saturated carbocycles. The van der Waals surface area contributed by atoms with Crippen LogP contribution in [0.4, 0.5) is 0 Å². The first-order chi connectivity index (χ1) is 12.9. The second kappa shape index (κ2) is 10.4. The third kappa shape index (κ3) is 8.49. The summed E-state index contributed by atoms with van der Waals surface area (Å²) in [5.74, 6) is 0.831. The van der Waals surface area contributed by atoms with Gasteiger partial charge in [0.25, 0.3) is 0 Å². The fraction of sp³-hybridized carbons (Fsp3) is 0.350. The molecular weight excluding hydrogens is 378 g/mol. The van der Waals surface area contributed by atoms with Crippen molar-refractivity contribution < 1.29 is 8.42 Å². The van der Waals surface area contributed by atoms with E-state index in [9.17, 15) is 8.42 Å². The minimum atomic E-state index is -2.95. The lowest BCUT2D eigenvalue weighted by atomic mass is 10.2. The number of rotatable bonds is 8. The van der Waals surface area contributed by atoms with Crippen LogP contribution < -0.4 is 10.6 Å². The average molecular weight is 406 g/mol. The predicted octanol–water partition coefficient (Wildman–Crippen LogP) is 3.33. The minimum Gasteiger partial charge on any atom is -0.354 e. The summed E-state index contributed by atoms with van der Waals surface area (Å²) in [6, 6.07) is 18.7. The molecule has 2 N–H and O–H groups in total. The predicted molar refractivity (Wildman–Crippen MR) is 114 cm³/mol. The van der Waals surface area contributed by atoms with Crippen LogP contribution in [0.1, 0.15) is 18.9 Å². The smallest absolute Gasteiger partial charge is 0.191 e. The Morgan fingerprint density at radius 3 is 2.30 bits per heavy atom. The minimum absolute atomic E-state index is 0.0237. The Balaban J connectivity index is 1.82. The first-order valence-electron chi connectivity index (χ1n) is 8.82. The van der Waals surface area contributed by atoms with Crippen molar-refractivity contribution in [3.63, 3.8) is 0 Å². The summed E-state index contributed by atoms with van der Waals surface area (Å²) >= 11 is 1.74. The topological polar surface area (TPSA) is 70.6 Å². The van der Waals surface area contributed by atoms with Gasteiger partial charge in [0, 0.05) is 35.7 Å². The van der Waals surface area contributed by atoms with E-state index in [0.717, 1.165) is 5.56 Å². The Kier molecular flexibility index (Phi) is 8.19. The quantitative estimate of drug-likeness (QED) is 0.521. The monoisotopic (exact) mass is 405 g/mol. The maximum Gasteiger partial charge on any atom is 0.191 e. The molecule has 146 valence electrons. The molecule has 5 nitrogen and oxygen atoms in total. The van der Waals surface area contributed by atoms with Crippen molar-refractivity contribution in [2.45, 2.75) is 35.7 Å². The van der Waals surface area contributed by atoms with Gasteiger partial charge >= 0.3 is 0 Å². The zero-order valence-electron chi connectivity index (χ0n) is 16.0. The highest BCUT2D eigenvalue weighted by atomic mass is 32.2. The molecule has 0 heterocycles. The zero-order valence-corrected chi connectivity index (χ0v) is 17.6. The van der Waals surface area contributed by atoms with Crippen LogP contribution in [0.3, 0.4) is 0 Å². The van der Waals surface area contributed by atoms with Crippen LogP contribution in [0.25, 0.3) is 0 Å². The average Bonchev–Trinajstić information content (AvgIpc) is 2.65. The number of hydrogen-bond acceptors (Lipinski definition) is 4. The summed E-state index contributed by atoms with van der Waals surface area (Å²) in [7, 11) is -1.24. The number of nitrogens with zero attached hydrogens (tertiary/aromatic N) is 1. The number of sulfone groups is 1. The Morgan fingerprint density at radius 1 is 1.07 bits per heavy atom. The summed E-state index contributed by atoms with van der Waals surface area (Å²) in [6.45, 7) is 2.60. The largest absolute Gasteiger partial charge is 0.354 e. The van der Waals surface area contributed by atoms with Crippen molar-refractivity contribution in [1.29, 1.82) is 0 Å². The van der Waals surface area contributed by atoms with Crippen LogP contribution >= 0.6 is 11.8 Å². The van der Waals surface area contributed by atoms with Gasteiger partial charge in [-0.3, -0.25) is 4.99 Å². The Morgan fingerprint density at radius 2 is 1.70 bits per heavy atom. The molecule has 2 aromatic carbocycles. The van der Waals surface area contributed by atoms with Gasteiger partial charge in [-0.05, 0) is 43.2 Å². The van der Waals surface area contributed by atoms with Crippen LogP contribution in [-0.2, 0) is 16.4 Å². The third-order valence-corrected chi connectivity index (χ3v) is 5.88. The van der Waals surface area contributed by atoms with Gasteiger partial charge in [-0.25, -0.2) is 8.42 Å². The van der Waals surface area contributed by atoms with Crippen molar-refractivity contribution in [3.8, 4) is 0 Å². The molecule has 0 aliphatic heterocycles. The molecule has 0 bridgehead atoms. The van der Waals surface area contributed by atoms with Gasteiger partial charge in [0.05, 0.1) is 5.75 Å². The van der Waals surface area contributed by atoms with E-state index in [1.165, 1.54) is 16.0 Å². The van der Waals surface area contributed by atoms with E-state index in [0.29, 0.717) is 18.9 Å². The molecule has 27 heavy (non-hydrogen) atoms. The molecule has 0 amide bonds. The molecule has 0 saturated heterocycles. The maximum atomic E-state index is 11.3. The molecule has 2 aromatic rings. The molecular formula is C20H27N3O2S2. The van der Waals surface area contributed by atoms with E-state index in [1.807, 2.05) is 25.1 Å². The van der Waals surface area contributed by atoms with Gasteiger partial charge in [-0.2, -0.15) is 0 Å². The number of nitrogens with one attached hydrogen (secondary N) is 2. The van der Waals surface area contributed by atoms with Crippen LogP contribution in [0.5, 0.6) is 0 Å². The first-order valence-corrected chi connectivity index (χ1v) is 11.7. The highest BCUT2D eigenvalue weighted by molar-refractivity contribution is 7.99. The highest BCUT2D eigenvalue weighted by Crippen LogP contribution is 2.27. The van der Waals surface area contributed by atoms with Gasteiger partial charge in [0.1, 0.15) is 9.84 Å². The van der Waals surface area contributed by atoms with Gasteiger partial charge in [-0.1, -0.05) is 42.1 Å². The Labute approximate surface area is 166 Å². The van der Waals surface area contributed by atoms with Gasteiger partial charge in [0.2, 0.25) is 0 Å². The molecule has 0 fully saturated rings. The summed E-state index contributed by atoms with van der Waals surface area (Å²) in [4.78, 5) is 6.62. The van der Waals surface area contributed by atoms with Crippen LogP contribution in [0, 0.1) is 0 Å². The van der Waals surface area contributed by atoms with Crippen molar-refractivity contribution in [3.05, 3.63) is 60.2 Å². The lowest BCUT2D eigenvalue weighted by Crippen LogP contribution is -2.42. The van der Waals surface area contributed by atoms with E-state index < -0.39 is 9.84 Å². The normalized spacial score (nSPS) is 13.2. The number of aliphatic imine (C=N–C) groups is 1. The molecule has 2 rings (SSSR count). The molecule has 1 atom stereocenters. The van der Waals surface area contributed by atoms with E-state index in [4.69, 9.17) is 0 Å². The van der Waals surface area contributed by atoms with E-state index in [1.54, 1.807) is 18.8 Å². The lowest BCUT2D eigenvalue weighted by Gasteiger charge is -2.17. The van der Waals surface area contributed by atoms with E-state index >= 15 is 0 Å². The molecule has 0 aliphatic rings. The summed E-state index contributed by atoms with van der Waals surface area (Å²) < 4.78 is 22.5. The van der Waals surface area contributed by atoms with E-state index in [2.05, 4.69) is 52.0 Å². The van der Waals surface area contributed by atoms with E-state index in [-0.39, 0.29) is 11.8 Å². The summed E-state index contributed by atoms with van der Waals surface area (Å²) in [5.41, 5.74) is 1.15. The standard InChI is InChI=1S/C20H27N3O2S2/c1-16(13-14-27(3,24)25)23-20(21-2)22-15-17-9-11-19(12-10-17)26-18-7-5-4-6-8-18/h4-12,16H,13-15H2,1-3H3,(H2,21,22,23). The summed E-state index contributed by atoms with van der Waals surface area (Å²) in [5, 5.41) is 6.49. The van der Waals surface area contributed by atoms with Crippen molar-refractivity contribution in [2.24, 2.45) is 4.99 Å². The van der Waals surface area contributed by atoms with Gasteiger partial charge in [-0.15, -0.1) is 0 Å². The van der Waals surface area contributed by atoms with Crippen molar-refractivity contribution >= 4 is 27.6 Å². The number of guanidine groups is 1. The number of hydrogen-bond donors (Lipinski definition) is 2. The van der Waals surface area contributed by atoms with Crippen LogP contribution in [-0.4, -0.2) is 39.5 Å². The lowest BCUT2D eigenvalue weighted by molar-refractivity contribution is 0.581. The molecule has 1 unspecified atom stereocenters. The zero-order chi connectivity index (χ0) is 19.7. The summed E-state index contributed by atoms with van der Waals surface area (Å²) in [6.07, 6.45) is 1.80. The molecule has 0 aromatic heterocycles. The number of benzene rings is 2. The fourth-order valence-corrected chi connectivity index (χ4v) is 4.00. The second-order valence-corrected chi connectivity index (χ2v) is 9.86. The van der Waals surface area contributed by atoms with Crippen molar-refractivity contribution in [2.75, 3.05) is 19.1 Å². The molecule has 0 aliphatic carbocycles. The molecule has 7 heteroatoms. The second-order valence-electron chi connectivity index (χ2n) is 6.45. The van der Waals surface area contributed by atoms with Crippen molar-refractivity contribution in [1.82, 2.24) is 10.6 Å². The van der Waals surface area contributed by atoms with Crippen LogP contribution in [0.15, 0.2) is 69.4 Å². The van der Waals surface area contributed by atoms with Gasteiger partial charge in [0.15, 0.2) is 5.96 Å². The third-order valence-electron chi connectivity index (χ3n) is 3.89. The highest BCUT2D eigenvalue weighted by Gasteiger charge is 2.09. The Hall–Kier alpha value is -1.99. The molecule has 0 radical (unpaired) electrons. The Bertz CT molecular complexity index is 835. The SMILES string of the molecule is CN=C(NCc1ccc(Sc2ccccc2)cc1)NC(C)CCS(C)(=O)=O. The fourth-order valence-electron chi connectivity index (χ4n) is 2.38. The maximum absolute atomic E-state index is 11.3. The van der Waals surface area contributed by atoms with Crippen LogP contribution in [0.2, 0.25) is 0 Å². The van der Waals surface area contributed by atoms with Gasteiger partial charge < -0.3 is 10.6 Å². The first kappa shape index (κ1) is 21.3. The molecule has 0 spiro atoms.